The van der Waals surface area contributed by atoms with Gasteiger partial charge in [-0.05, 0) is 72.7 Å². The highest BCUT2D eigenvalue weighted by molar-refractivity contribution is 7.22. The summed E-state index contributed by atoms with van der Waals surface area (Å²) in [5, 5.41) is 3.62. The van der Waals surface area contributed by atoms with Crippen LogP contribution in [0.1, 0.15) is 62.0 Å². The number of nitrogens with one attached hydrogen (secondary N) is 1. The highest BCUT2D eigenvalue weighted by Crippen LogP contribution is 2.28. The third kappa shape index (κ3) is 4.90. The Hall–Kier alpha value is -2.24. The molecule has 30 heavy (non-hydrogen) atoms. The predicted molar refractivity (Wildman–Crippen MR) is 126 cm³/mol. The van der Waals surface area contributed by atoms with Crippen LogP contribution in [0.4, 0.5) is 5.13 Å². The summed E-state index contributed by atoms with van der Waals surface area (Å²) in [6.07, 6.45) is 2.57. The van der Waals surface area contributed by atoms with Crippen LogP contribution in [0.5, 0.6) is 0 Å². The molecule has 1 fully saturated rings. The number of hydrogen-bond donors (Lipinski definition) is 1. The third-order valence-corrected chi connectivity index (χ3v) is 6.90. The summed E-state index contributed by atoms with van der Waals surface area (Å²) >= 11 is 1.54. The van der Waals surface area contributed by atoms with Crippen molar-refractivity contribution in [1.82, 2.24) is 9.88 Å². The number of carbonyl (C=O) groups is 1. The van der Waals surface area contributed by atoms with E-state index in [4.69, 9.17) is 0 Å². The lowest BCUT2D eigenvalue weighted by molar-refractivity contribution is 0.102. The molecule has 1 aliphatic rings. The van der Waals surface area contributed by atoms with Crippen molar-refractivity contribution < 1.29 is 4.79 Å². The molecule has 0 radical (unpaired) electrons. The highest BCUT2D eigenvalue weighted by atomic mass is 32.1. The van der Waals surface area contributed by atoms with Gasteiger partial charge in [-0.3, -0.25) is 15.0 Å². The van der Waals surface area contributed by atoms with E-state index in [2.05, 4.69) is 61.1 Å². The summed E-state index contributed by atoms with van der Waals surface area (Å²) in [6.45, 7) is 12.2. The summed E-state index contributed by atoms with van der Waals surface area (Å²) in [7, 11) is 0. The lowest BCUT2D eigenvalue weighted by Gasteiger charge is -2.30. The molecule has 0 unspecified atom stereocenters. The number of nitrogens with zero attached hydrogens (tertiary/aromatic N) is 2. The monoisotopic (exact) mass is 421 g/mol. The molecule has 5 heteroatoms. The Kier molecular flexibility index (Phi) is 5.94. The molecule has 4 rings (SSSR count). The molecule has 0 spiro atoms. The first-order valence-corrected chi connectivity index (χ1v) is 11.6. The van der Waals surface area contributed by atoms with Gasteiger partial charge in [0.1, 0.15) is 0 Å². The van der Waals surface area contributed by atoms with Crippen molar-refractivity contribution in [3.05, 3.63) is 59.2 Å². The van der Waals surface area contributed by atoms with Crippen molar-refractivity contribution in [2.45, 2.75) is 52.5 Å². The number of likely N-dealkylation sites (tertiary alicyclic amines) is 1. The van der Waals surface area contributed by atoms with Crippen molar-refractivity contribution in [3.63, 3.8) is 0 Å². The number of rotatable bonds is 4. The number of amides is 1. The topological polar surface area (TPSA) is 45.2 Å². The van der Waals surface area contributed by atoms with E-state index in [-0.39, 0.29) is 11.3 Å². The van der Waals surface area contributed by atoms with Gasteiger partial charge in [0, 0.05) is 12.1 Å². The average Bonchev–Trinajstić information content (AvgIpc) is 3.10. The number of benzene rings is 2. The highest BCUT2D eigenvalue weighted by Gasteiger charge is 2.17. The zero-order chi connectivity index (χ0) is 21.3. The van der Waals surface area contributed by atoms with Crippen molar-refractivity contribution >= 4 is 32.6 Å². The van der Waals surface area contributed by atoms with Crippen molar-refractivity contribution in [2.75, 3.05) is 18.4 Å². The Morgan fingerprint density at radius 3 is 2.50 bits per heavy atom. The minimum atomic E-state index is -0.114. The smallest absolute Gasteiger partial charge is 0.257 e. The van der Waals surface area contributed by atoms with Crippen molar-refractivity contribution in [3.8, 4) is 0 Å². The fourth-order valence-electron chi connectivity index (χ4n) is 3.89. The molecule has 1 aromatic heterocycles. The lowest BCUT2D eigenvalue weighted by atomic mass is 9.87. The van der Waals surface area contributed by atoms with Gasteiger partial charge in [0.05, 0.1) is 10.2 Å². The predicted octanol–water partition coefficient (Wildman–Crippen LogP) is 6.08. The van der Waals surface area contributed by atoms with Gasteiger partial charge in [-0.2, -0.15) is 0 Å². The van der Waals surface area contributed by atoms with Crippen LogP contribution in [-0.2, 0) is 12.0 Å². The minimum Gasteiger partial charge on any atom is -0.299 e. The second-order valence-electron chi connectivity index (χ2n) is 9.56. The third-order valence-electron chi connectivity index (χ3n) is 5.97. The normalized spacial score (nSPS) is 16.1. The standard InChI is InChI=1S/C25H31N3OS/c1-17-11-13-28(14-12-17)16-18-5-10-21-22(15-18)30-24(26-21)27-23(29)19-6-8-20(9-7-19)25(2,3)4/h5-10,15,17H,11-14,16H2,1-4H3,(H,26,27,29). The van der Waals surface area contributed by atoms with Crippen LogP contribution in [0.15, 0.2) is 42.5 Å². The molecule has 158 valence electrons. The second kappa shape index (κ2) is 8.48. The van der Waals surface area contributed by atoms with Gasteiger partial charge in [-0.15, -0.1) is 0 Å². The van der Waals surface area contributed by atoms with E-state index in [9.17, 15) is 4.79 Å². The van der Waals surface area contributed by atoms with E-state index in [1.807, 2.05) is 24.3 Å². The molecule has 1 N–H and O–H groups in total. The quantitative estimate of drug-likeness (QED) is 0.555. The average molecular weight is 422 g/mol. The van der Waals surface area contributed by atoms with E-state index in [1.54, 1.807) is 11.3 Å². The first kappa shape index (κ1) is 21.0. The molecule has 0 atom stereocenters. The van der Waals surface area contributed by atoms with Gasteiger partial charge in [0.2, 0.25) is 0 Å². The molecule has 0 aliphatic carbocycles. The van der Waals surface area contributed by atoms with Gasteiger partial charge in [-0.25, -0.2) is 4.98 Å². The first-order chi connectivity index (χ1) is 14.3. The molecule has 3 aromatic rings. The van der Waals surface area contributed by atoms with Crippen molar-refractivity contribution in [1.29, 1.82) is 0 Å². The second-order valence-corrected chi connectivity index (χ2v) is 10.6. The summed E-state index contributed by atoms with van der Waals surface area (Å²) in [5.74, 6) is 0.734. The van der Waals surface area contributed by atoms with Gasteiger partial charge in [0.25, 0.3) is 5.91 Å². The molecule has 0 saturated carbocycles. The summed E-state index contributed by atoms with van der Waals surface area (Å²) in [4.78, 5) is 19.8. The maximum absolute atomic E-state index is 12.7. The zero-order valence-electron chi connectivity index (χ0n) is 18.4. The first-order valence-electron chi connectivity index (χ1n) is 10.8. The van der Waals surface area contributed by atoms with Gasteiger partial charge < -0.3 is 0 Å². The minimum absolute atomic E-state index is 0.0756. The van der Waals surface area contributed by atoms with Crippen LogP contribution in [-0.4, -0.2) is 28.9 Å². The Morgan fingerprint density at radius 2 is 1.83 bits per heavy atom. The molecule has 4 nitrogen and oxygen atoms in total. The molecular weight excluding hydrogens is 390 g/mol. The Balaban J connectivity index is 1.44. The lowest BCUT2D eigenvalue weighted by Crippen LogP contribution is -2.32. The Morgan fingerprint density at radius 1 is 1.13 bits per heavy atom. The molecule has 1 amide bonds. The van der Waals surface area contributed by atoms with E-state index in [0.717, 1.165) is 22.7 Å². The van der Waals surface area contributed by atoms with Crippen LogP contribution in [0.3, 0.4) is 0 Å². The number of fused-ring (bicyclic) bond motifs is 1. The summed E-state index contributed by atoms with van der Waals surface area (Å²) in [5.41, 5.74) is 4.20. The molecular formula is C25H31N3OS. The summed E-state index contributed by atoms with van der Waals surface area (Å²) < 4.78 is 1.12. The molecule has 1 aliphatic heterocycles. The van der Waals surface area contributed by atoms with Crippen molar-refractivity contribution in [2.24, 2.45) is 5.92 Å². The largest absolute Gasteiger partial charge is 0.299 e. The van der Waals surface area contributed by atoms with Crippen LogP contribution in [0.2, 0.25) is 0 Å². The van der Waals surface area contributed by atoms with Crippen LogP contribution in [0.25, 0.3) is 10.2 Å². The van der Waals surface area contributed by atoms with Crippen LogP contribution >= 0.6 is 11.3 Å². The number of thiazole rings is 1. The van der Waals surface area contributed by atoms with Gasteiger partial charge in [0.15, 0.2) is 5.13 Å². The van der Waals surface area contributed by atoms with Gasteiger partial charge >= 0.3 is 0 Å². The van der Waals surface area contributed by atoms with Gasteiger partial charge in [-0.1, -0.05) is 57.2 Å². The summed E-state index contributed by atoms with van der Waals surface area (Å²) in [6, 6.07) is 14.3. The molecule has 2 heterocycles. The Bertz CT molecular complexity index is 1020. The number of anilines is 1. The van der Waals surface area contributed by atoms with Crippen LogP contribution in [0, 0.1) is 5.92 Å². The Labute approximate surface area is 183 Å². The number of carbonyl (C=O) groups excluding carboxylic acids is 1. The SMILES string of the molecule is CC1CCN(Cc2ccc3nc(NC(=O)c4ccc(C(C)(C)C)cc4)sc3c2)CC1. The maximum atomic E-state index is 12.7. The van der Waals surface area contributed by atoms with Crippen LogP contribution < -0.4 is 5.32 Å². The van der Waals surface area contributed by atoms with E-state index in [1.165, 1.54) is 37.1 Å². The number of hydrogen-bond acceptors (Lipinski definition) is 4. The fourth-order valence-corrected chi connectivity index (χ4v) is 4.81. The van der Waals surface area contributed by atoms with E-state index in [0.29, 0.717) is 10.7 Å². The fraction of sp³-hybridized carbons (Fsp3) is 0.440. The number of piperidine rings is 1. The van der Waals surface area contributed by atoms with E-state index >= 15 is 0 Å². The number of aromatic nitrogens is 1. The van der Waals surface area contributed by atoms with E-state index < -0.39 is 0 Å². The molecule has 2 aromatic carbocycles. The zero-order valence-corrected chi connectivity index (χ0v) is 19.2. The maximum Gasteiger partial charge on any atom is 0.257 e. The molecule has 0 bridgehead atoms. The molecule has 1 saturated heterocycles.